The maximum atomic E-state index is 13.1. The lowest BCUT2D eigenvalue weighted by molar-refractivity contribution is -0.360. The fourth-order valence-corrected chi connectivity index (χ4v) is 3.99. The van der Waals surface area contributed by atoms with E-state index in [-0.39, 0.29) is 5.91 Å². The summed E-state index contributed by atoms with van der Waals surface area (Å²) in [5, 5.41) is 7.18. The van der Waals surface area contributed by atoms with Crippen LogP contribution in [0.2, 0.25) is 0 Å². The van der Waals surface area contributed by atoms with Crippen molar-refractivity contribution in [2.75, 3.05) is 12.4 Å². The fraction of sp³-hybridized carbons (Fsp3) is 0.100. The van der Waals surface area contributed by atoms with Crippen molar-refractivity contribution < 1.29 is 36.2 Å². The predicted octanol–water partition coefficient (Wildman–Crippen LogP) is 7.40. The van der Waals surface area contributed by atoms with E-state index in [1.54, 1.807) is 49.6 Å². The second kappa shape index (κ2) is 11.3. The van der Waals surface area contributed by atoms with Gasteiger partial charge < -0.3 is 14.8 Å². The fourth-order valence-electron chi connectivity index (χ4n) is 3.99. The highest BCUT2D eigenvalue weighted by Crippen LogP contribution is 2.37. The molecule has 1 N–H and O–H groups in total. The van der Waals surface area contributed by atoms with E-state index in [1.165, 1.54) is 23.1 Å². The molecule has 0 aliphatic carbocycles. The summed E-state index contributed by atoms with van der Waals surface area (Å²) in [6.45, 7) is 0. The van der Waals surface area contributed by atoms with Crippen molar-refractivity contribution in [3.63, 3.8) is 0 Å². The van der Waals surface area contributed by atoms with Crippen LogP contribution in [0.25, 0.3) is 28.2 Å². The Hall–Kier alpha value is -5.26. The van der Waals surface area contributed by atoms with Crippen LogP contribution in [0.4, 0.5) is 27.6 Å². The number of nitrogens with one attached hydrogen (secondary N) is 1. The number of hydrogen-bond donors (Lipinski definition) is 1. The van der Waals surface area contributed by atoms with Crippen molar-refractivity contribution in [3.05, 3.63) is 109 Å². The zero-order valence-electron chi connectivity index (χ0n) is 21.8. The molecule has 0 aliphatic heterocycles. The molecule has 0 aliphatic rings. The van der Waals surface area contributed by atoms with Crippen molar-refractivity contribution in [1.82, 2.24) is 14.8 Å². The average Bonchev–Trinajstić information content (AvgIpc) is 3.48. The third-order valence-corrected chi connectivity index (χ3v) is 6.12. The first-order chi connectivity index (χ1) is 20.0. The number of nitrogens with zero attached hydrogens (tertiary/aromatic N) is 3. The van der Waals surface area contributed by atoms with E-state index in [1.807, 2.05) is 30.3 Å². The van der Waals surface area contributed by atoms with Crippen LogP contribution in [0.3, 0.4) is 0 Å². The van der Waals surface area contributed by atoms with Gasteiger partial charge >= 0.3 is 12.3 Å². The molecule has 0 saturated carbocycles. The molecule has 1 aromatic heterocycles. The van der Waals surface area contributed by atoms with Gasteiger partial charge in [-0.05, 0) is 72.3 Å². The Morgan fingerprint density at radius 1 is 0.833 bits per heavy atom. The summed E-state index contributed by atoms with van der Waals surface area (Å²) in [6, 6.07) is 26.0. The van der Waals surface area contributed by atoms with Crippen LogP contribution in [0.15, 0.2) is 103 Å². The normalized spacial score (nSPS) is 11.7. The molecule has 12 heteroatoms. The second-order valence-electron chi connectivity index (χ2n) is 8.94. The van der Waals surface area contributed by atoms with Gasteiger partial charge in [0.1, 0.15) is 17.8 Å². The summed E-state index contributed by atoms with van der Waals surface area (Å²) in [7, 11) is 1.57. The van der Waals surface area contributed by atoms with Gasteiger partial charge in [-0.1, -0.05) is 30.3 Å². The van der Waals surface area contributed by atoms with Crippen molar-refractivity contribution in [3.8, 4) is 39.7 Å². The maximum absolute atomic E-state index is 13.1. The maximum Gasteiger partial charge on any atom is 0.499 e. The van der Waals surface area contributed by atoms with E-state index in [9.17, 15) is 26.7 Å². The number of aromatic nitrogens is 3. The summed E-state index contributed by atoms with van der Waals surface area (Å²) in [6.07, 6.45) is -9.80. The highest BCUT2D eigenvalue weighted by Gasteiger charge is 2.61. The molecule has 0 atom stereocenters. The van der Waals surface area contributed by atoms with Gasteiger partial charge in [0.2, 0.25) is 0 Å². The highest BCUT2D eigenvalue weighted by atomic mass is 19.4. The Morgan fingerprint density at radius 3 is 2.17 bits per heavy atom. The van der Waals surface area contributed by atoms with Gasteiger partial charge in [0.05, 0.1) is 12.8 Å². The van der Waals surface area contributed by atoms with Crippen molar-refractivity contribution in [2.24, 2.45) is 0 Å². The molecule has 5 rings (SSSR count). The Morgan fingerprint density at radius 2 is 1.52 bits per heavy atom. The quantitative estimate of drug-likeness (QED) is 0.194. The minimum Gasteiger partial charge on any atom is -0.496 e. The molecule has 1 amide bonds. The van der Waals surface area contributed by atoms with Gasteiger partial charge in [0, 0.05) is 22.4 Å². The standard InChI is InChI=1S/C30H21F5N4O3/c1-41-26-16-9-21(17-25(26)19-5-3-2-4-6-19)28(40)37-22-10-7-20(8-11-22)27-36-18-39(38-27)23-12-14-24(15-13-23)42-30(34,35)29(31,32)33/h2-18H,1H3,(H,37,40). The lowest BCUT2D eigenvalue weighted by Gasteiger charge is -2.20. The number of hydrogen-bond acceptors (Lipinski definition) is 5. The lowest BCUT2D eigenvalue weighted by Crippen LogP contribution is -2.41. The van der Waals surface area contributed by atoms with Crippen LogP contribution in [0.5, 0.6) is 11.5 Å². The predicted molar refractivity (Wildman–Crippen MR) is 145 cm³/mol. The molecule has 0 radical (unpaired) electrons. The highest BCUT2D eigenvalue weighted by molar-refractivity contribution is 6.05. The molecule has 1 heterocycles. The molecule has 0 bridgehead atoms. The number of halogens is 5. The minimum absolute atomic E-state index is 0.314. The Balaban J connectivity index is 1.26. The first-order valence-corrected chi connectivity index (χ1v) is 12.3. The monoisotopic (exact) mass is 580 g/mol. The van der Waals surface area contributed by atoms with E-state index in [0.29, 0.717) is 34.1 Å². The summed E-state index contributed by atoms with van der Waals surface area (Å²) in [5.74, 6) is -0.0174. The van der Waals surface area contributed by atoms with E-state index in [0.717, 1.165) is 23.3 Å². The Kier molecular flexibility index (Phi) is 7.62. The van der Waals surface area contributed by atoms with Crippen LogP contribution in [-0.2, 0) is 0 Å². The SMILES string of the molecule is COc1ccc(C(=O)Nc2ccc(-c3ncn(-c4ccc(OC(F)(F)C(F)(F)F)cc4)n3)cc2)cc1-c1ccccc1. The summed E-state index contributed by atoms with van der Waals surface area (Å²) < 4.78 is 73.9. The molecule has 42 heavy (non-hydrogen) atoms. The smallest absolute Gasteiger partial charge is 0.496 e. The summed E-state index contributed by atoms with van der Waals surface area (Å²) in [5.41, 5.74) is 3.64. The molecule has 4 aromatic carbocycles. The molecule has 0 spiro atoms. The molecule has 7 nitrogen and oxygen atoms in total. The Bertz CT molecular complexity index is 1690. The minimum atomic E-state index is -5.84. The van der Waals surface area contributed by atoms with Crippen LogP contribution < -0.4 is 14.8 Å². The van der Waals surface area contributed by atoms with Crippen LogP contribution in [-0.4, -0.2) is 40.1 Å². The van der Waals surface area contributed by atoms with Crippen molar-refractivity contribution in [2.45, 2.75) is 12.3 Å². The number of anilines is 1. The summed E-state index contributed by atoms with van der Waals surface area (Å²) in [4.78, 5) is 17.2. The number of benzene rings is 4. The topological polar surface area (TPSA) is 78.3 Å². The van der Waals surface area contributed by atoms with Gasteiger partial charge in [-0.2, -0.15) is 22.0 Å². The zero-order valence-corrected chi connectivity index (χ0v) is 21.8. The molecule has 0 fully saturated rings. The first-order valence-electron chi connectivity index (χ1n) is 12.3. The number of methoxy groups -OCH3 is 1. The Labute approximate surface area is 236 Å². The van der Waals surface area contributed by atoms with E-state index in [2.05, 4.69) is 20.1 Å². The van der Waals surface area contributed by atoms with Gasteiger partial charge in [0.25, 0.3) is 5.91 Å². The van der Waals surface area contributed by atoms with Crippen molar-refractivity contribution >= 4 is 11.6 Å². The molecule has 5 aromatic rings. The molecular weight excluding hydrogens is 559 g/mol. The number of alkyl halides is 5. The van der Waals surface area contributed by atoms with Crippen molar-refractivity contribution in [1.29, 1.82) is 0 Å². The average molecular weight is 581 g/mol. The number of ether oxygens (including phenoxy) is 2. The van der Waals surface area contributed by atoms with Gasteiger partial charge in [-0.3, -0.25) is 4.79 Å². The number of carbonyl (C=O) groups excluding carboxylic acids is 1. The van der Waals surface area contributed by atoms with Crippen LogP contribution >= 0.6 is 0 Å². The second-order valence-corrected chi connectivity index (χ2v) is 8.94. The van der Waals surface area contributed by atoms with E-state index in [4.69, 9.17) is 4.74 Å². The lowest BCUT2D eigenvalue weighted by atomic mass is 10.0. The van der Waals surface area contributed by atoms with Crippen LogP contribution in [0.1, 0.15) is 10.4 Å². The van der Waals surface area contributed by atoms with Gasteiger partial charge in [-0.25, -0.2) is 9.67 Å². The molecule has 0 unspecified atom stereocenters. The van der Waals surface area contributed by atoms with E-state index < -0.39 is 18.0 Å². The molecular formula is C30H21F5N4O3. The third-order valence-electron chi connectivity index (χ3n) is 6.12. The number of carbonyl (C=O) groups is 1. The largest absolute Gasteiger partial charge is 0.499 e. The van der Waals surface area contributed by atoms with Gasteiger partial charge in [0.15, 0.2) is 5.82 Å². The molecule has 214 valence electrons. The van der Waals surface area contributed by atoms with Crippen LogP contribution in [0, 0.1) is 0 Å². The van der Waals surface area contributed by atoms with Gasteiger partial charge in [-0.15, -0.1) is 5.10 Å². The molecule has 0 saturated heterocycles. The summed E-state index contributed by atoms with van der Waals surface area (Å²) >= 11 is 0. The number of rotatable bonds is 8. The first kappa shape index (κ1) is 28.3. The van der Waals surface area contributed by atoms with E-state index >= 15 is 0 Å². The zero-order chi connectivity index (χ0) is 29.9. The third kappa shape index (κ3) is 6.07. The number of amides is 1.